The topological polar surface area (TPSA) is 86.3 Å². The number of carbonyl (C=O) groups is 1. The van der Waals surface area contributed by atoms with E-state index in [1.54, 1.807) is 18.2 Å². The summed E-state index contributed by atoms with van der Waals surface area (Å²) >= 11 is 0. The molecule has 7 nitrogen and oxygen atoms in total. The lowest BCUT2D eigenvalue weighted by Gasteiger charge is -2.33. The number of benzene rings is 1. The van der Waals surface area contributed by atoms with Gasteiger partial charge in [0.25, 0.3) is 0 Å². The van der Waals surface area contributed by atoms with Crippen molar-refractivity contribution in [3.8, 4) is 5.75 Å². The molecule has 2 N–H and O–H groups in total. The first-order valence-corrected chi connectivity index (χ1v) is 7.49. The van der Waals surface area contributed by atoms with Gasteiger partial charge in [0, 0.05) is 42.5 Å². The minimum atomic E-state index is -1.14. The first-order valence-electron chi connectivity index (χ1n) is 7.49. The van der Waals surface area contributed by atoms with Crippen LogP contribution in [-0.2, 0) is 14.0 Å². The number of hydrogen-bond donors (Lipinski definition) is 2. The van der Waals surface area contributed by atoms with Gasteiger partial charge in [-0.3, -0.25) is 5.32 Å². The molecule has 1 amide bonds. The number of amides is 1. The molecule has 1 aromatic carbocycles. The highest BCUT2D eigenvalue weighted by molar-refractivity contribution is 6.62. The molecule has 0 spiro atoms. The lowest BCUT2D eigenvalue weighted by molar-refractivity contribution is 0.0208. The van der Waals surface area contributed by atoms with Crippen LogP contribution in [0.4, 0.5) is 10.5 Å². The second-order valence-corrected chi connectivity index (χ2v) is 6.06. The molecule has 23 heavy (non-hydrogen) atoms. The fraction of sp³-hybridized carbons (Fsp3) is 0.533. The molecule has 1 aliphatic heterocycles. The highest BCUT2D eigenvalue weighted by Gasteiger charge is 2.35. The zero-order valence-corrected chi connectivity index (χ0v) is 13.6. The van der Waals surface area contributed by atoms with E-state index in [1.165, 1.54) is 0 Å². The standard InChI is InChI=1S/C15H22BNO6/c1-4-20-10-21-13-7-11(17-14(18)19)5-6-12(13)16-22-8-15(2,3)9-23-16/h5-7,17H,4,8-10H2,1-3H3,(H,18,19). The van der Waals surface area contributed by atoms with Crippen LogP contribution in [0.3, 0.4) is 0 Å². The van der Waals surface area contributed by atoms with Gasteiger partial charge in [-0.1, -0.05) is 19.9 Å². The van der Waals surface area contributed by atoms with Crippen molar-refractivity contribution >= 4 is 24.4 Å². The number of carboxylic acid groups (broad SMARTS) is 1. The van der Waals surface area contributed by atoms with Gasteiger partial charge in [-0.2, -0.15) is 0 Å². The van der Waals surface area contributed by atoms with Crippen molar-refractivity contribution in [2.45, 2.75) is 20.8 Å². The molecule has 2 rings (SSSR count). The van der Waals surface area contributed by atoms with Crippen molar-refractivity contribution in [3.63, 3.8) is 0 Å². The van der Waals surface area contributed by atoms with Crippen LogP contribution in [-0.4, -0.2) is 44.9 Å². The Bertz CT molecular complexity index is 541. The lowest BCUT2D eigenvalue weighted by atomic mass is 9.75. The predicted molar refractivity (Wildman–Crippen MR) is 86.3 cm³/mol. The van der Waals surface area contributed by atoms with Crippen molar-refractivity contribution in [1.82, 2.24) is 0 Å². The molecule has 0 aliphatic carbocycles. The maximum Gasteiger partial charge on any atom is 0.497 e. The monoisotopic (exact) mass is 323 g/mol. The third kappa shape index (κ3) is 5.12. The maximum atomic E-state index is 10.8. The molecule has 0 aromatic heterocycles. The quantitative estimate of drug-likeness (QED) is 0.472. The number of ether oxygens (including phenoxy) is 2. The van der Waals surface area contributed by atoms with E-state index in [4.69, 9.17) is 23.9 Å². The van der Waals surface area contributed by atoms with Crippen LogP contribution in [0.15, 0.2) is 18.2 Å². The smallest absolute Gasteiger partial charge is 0.468 e. The Labute approximate surface area is 136 Å². The summed E-state index contributed by atoms with van der Waals surface area (Å²) < 4.78 is 22.3. The maximum absolute atomic E-state index is 10.8. The van der Waals surface area contributed by atoms with Crippen molar-refractivity contribution in [1.29, 1.82) is 0 Å². The van der Waals surface area contributed by atoms with Crippen LogP contribution in [0, 0.1) is 5.41 Å². The molecule has 0 unspecified atom stereocenters. The highest BCUT2D eigenvalue weighted by Crippen LogP contribution is 2.24. The van der Waals surface area contributed by atoms with E-state index in [2.05, 4.69) is 19.2 Å². The Morgan fingerprint density at radius 1 is 1.39 bits per heavy atom. The van der Waals surface area contributed by atoms with Gasteiger partial charge in [0.2, 0.25) is 0 Å². The van der Waals surface area contributed by atoms with Crippen LogP contribution < -0.4 is 15.5 Å². The molecule has 1 aliphatic rings. The summed E-state index contributed by atoms with van der Waals surface area (Å²) in [5, 5.41) is 11.1. The summed E-state index contributed by atoms with van der Waals surface area (Å²) in [6.07, 6.45) is -1.14. The van der Waals surface area contributed by atoms with Crippen LogP contribution >= 0.6 is 0 Å². The Morgan fingerprint density at radius 2 is 2.09 bits per heavy atom. The van der Waals surface area contributed by atoms with E-state index >= 15 is 0 Å². The van der Waals surface area contributed by atoms with Crippen LogP contribution in [0.2, 0.25) is 0 Å². The van der Waals surface area contributed by atoms with Crippen molar-refractivity contribution in [2.24, 2.45) is 5.41 Å². The molecule has 126 valence electrons. The molecule has 0 saturated carbocycles. The van der Waals surface area contributed by atoms with Crippen LogP contribution in [0.25, 0.3) is 0 Å². The van der Waals surface area contributed by atoms with Gasteiger partial charge in [-0.25, -0.2) is 4.79 Å². The molecular formula is C15H22BNO6. The highest BCUT2D eigenvalue weighted by atomic mass is 16.7. The molecule has 0 bridgehead atoms. The molecule has 0 radical (unpaired) electrons. The molecule has 8 heteroatoms. The number of rotatable bonds is 6. The Balaban J connectivity index is 2.17. The summed E-state index contributed by atoms with van der Waals surface area (Å²) in [4.78, 5) is 10.8. The second-order valence-electron chi connectivity index (χ2n) is 6.06. The first kappa shape index (κ1) is 17.6. The lowest BCUT2D eigenvalue weighted by Crippen LogP contribution is -2.47. The van der Waals surface area contributed by atoms with Gasteiger partial charge in [0.05, 0.1) is 0 Å². The summed E-state index contributed by atoms with van der Waals surface area (Å²) in [6, 6.07) is 4.97. The van der Waals surface area contributed by atoms with Crippen molar-refractivity contribution < 1.29 is 28.7 Å². The minimum absolute atomic E-state index is 0.0341. The van der Waals surface area contributed by atoms with Crippen LogP contribution in [0.5, 0.6) is 5.75 Å². The zero-order chi connectivity index (χ0) is 16.9. The number of nitrogens with one attached hydrogen (secondary N) is 1. The zero-order valence-electron chi connectivity index (χ0n) is 13.6. The van der Waals surface area contributed by atoms with Gasteiger partial charge >= 0.3 is 13.2 Å². The van der Waals surface area contributed by atoms with E-state index < -0.39 is 13.2 Å². The van der Waals surface area contributed by atoms with Gasteiger partial charge in [-0.05, 0) is 13.0 Å². The third-order valence-electron chi connectivity index (χ3n) is 3.27. The summed E-state index contributed by atoms with van der Waals surface area (Å²) in [5.41, 5.74) is 1.08. The molecule has 1 fully saturated rings. The van der Waals surface area contributed by atoms with Crippen molar-refractivity contribution in [3.05, 3.63) is 18.2 Å². The van der Waals surface area contributed by atoms with Gasteiger partial charge in [0.15, 0.2) is 6.79 Å². The van der Waals surface area contributed by atoms with E-state index in [-0.39, 0.29) is 12.2 Å². The molecule has 1 saturated heterocycles. The van der Waals surface area contributed by atoms with Gasteiger partial charge in [-0.15, -0.1) is 0 Å². The Hall–Kier alpha value is -1.77. The van der Waals surface area contributed by atoms with E-state index in [9.17, 15) is 4.79 Å². The second kappa shape index (κ2) is 7.67. The SMILES string of the molecule is CCOCOc1cc(NC(=O)O)ccc1B1OCC(C)(C)CO1. The summed E-state index contributed by atoms with van der Waals surface area (Å²) in [7, 11) is -0.543. The Kier molecular flexibility index (Phi) is 5.87. The van der Waals surface area contributed by atoms with Gasteiger partial charge < -0.3 is 23.9 Å². The van der Waals surface area contributed by atoms with E-state index in [1.807, 2.05) is 6.92 Å². The average molecular weight is 323 g/mol. The predicted octanol–water partition coefficient (Wildman–Crippen LogP) is 1.92. The summed E-state index contributed by atoms with van der Waals surface area (Å²) in [6.45, 7) is 7.72. The van der Waals surface area contributed by atoms with E-state index in [0.29, 0.717) is 36.7 Å². The van der Waals surface area contributed by atoms with Crippen LogP contribution in [0.1, 0.15) is 20.8 Å². The normalized spacial score (nSPS) is 16.9. The van der Waals surface area contributed by atoms with E-state index in [0.717, 1.165) is 0 Å². The molecular weight excluding hydrogens is 301 g/mol. The van der Waals surface area contributed by atoms with Crippen molar-refractivity contribution in [2.75, 3.05) is 31.9 Å². The molecule has 1 heterocycles. The Morgan fingerprint density at radius 3 is 2.70 bits per heavy atom. The number of hydrogen-bond acceptors (Lipinski definition) is 5. The average Bonchev–Trinajstić information content (AvgIpc) is 2.48. The fourth-order valence-electron chi connectivity index (χ4n) is 2.12. The summed E-state index contributed by atoms with van der Waals surface area (Å²) in [5.74, 6) is 0.467. The fourth-order valence-corrected chi connectivity index (χ4v) is 2.12. The third-order valence-corrected chi connectivity index (χ3v) is 3.27. The van der Waals surface area contributed by atoms with Gasteiger partial charge in [0.1, 0.15) is 5.75 Å². The first-order chi connectivity index (χ1) is 10.9. The minimum Gasteiger partial charge on any atom is -0.468 e. The molecule has 1 aromatic rings. The largest absolute Gasteiger partial charge is 0.497 e. The number of anilines is 1. The molecule has 0 atom stereocenters.